The fourth-order valence-electron chi connectivity index (χ4n) is 2.50. The zero-order valence-electron chi connectivity index (χ0n) is 13.2. The summed E-state index contributed by atoms with van der Waals surface area (Å²) in [6.45, 7) is 2.64. The maximum absolute atomic E-state index is 12.9. The van der Waals surface area contributed by atoms with Crippen LogP contribution in [0, 0.1) is 0 Å². The summed E-state index contributed by atoms with van der Waals surface area (Å²) in [6, 6.07) is 4.96. The van der Waals surface area contributed by atoms with Gasteiger partial charge in [-0.3, -0.25) is 9.69 Å². The van der Waals surface area contributed by atoms with E-state index in [9.17, 15) is 18.0 Å². The van der Waals surface area contributed by atoms with Crippen molar-refractivity contribution in [2.24, 2.45) is 0 Å². The first-order chi connectivity index (χ1) is 11.3. The van der Waals surface area contributed by atoms with Gasteiger partial charge in [0.1, 0.15) is 0 Å². The second-order valence-corrected chi connectivity index (χ2v) is 5.80. The lowest BCUT2D eigenvalue weighted by Gasteiger charge is -2.35. The van der Waals surface area contributed by atoms with Gasteiger partial charge in [0.05, 0.1) is 17.8 Å². The van der Waals surface area contributed by atoms with Crippen LogP contribution in [0.1, 0.15) is 5.56 Å². The molecule has 0 saturated carbocycles. The highest BCUT2D eigenvalue weighted by atomic mass is 32.1. The number of nitrogens with one attached hydrogen (secondary N) is 2. The normalized spacial score (nSPS) is 15.9. The molecular formula is C15H19F3N4OS. The maximum Gasteiger partial charge on any atom is 0.418 e. The van der Waals surface area contributed by atoms with Crippen LogP contribution >= 0.6 is 12.2 Å². The van der Waals surface area contributed by atoms with Crippen LogP contribution in [0.4, 0.5) is 18.9 Å². The third-order valence-electron chi connectivity index (χ3n) is 3.75. The van der Waals surface area contributed by atoms with E-state index in [-0.39, 0.29) is 12.2 Å². The lowest BCUT2D eigenvalue weighted by atomic mass is 10.1. The van der Waals surface area contributed by atoms with Crippen molar-refractivity contribution in [3.8, 4) is 0 Å². The Labute approximate surface area is 143 Å². The molecule has 1 fully saturated rings. The van der Waals surface area contributed by atoms with Crippen LogP contribution in [0.15, 0.2) is 24.3 Å². The Morgan fingerprint density at radius 3 is 2.42 bits per heavy atom. The molecule has 1 aliphatic heterocycles. The Balaban J connectivity index is 1.90. The van der Waals surface area contributed by atoms with Crippen LogP contribution in [0.5, 0.6) is 0 Å². The Bertz CT molecular complexity index is 601. The molecule has 1 aromatic rings. The number of alkyl halides is 3. The molecule has 1 aliphatic rings. The highest BCUT2D eigenvalue weighted by molar-refractivity contribution is 7.80. The van der Waals surface area contributed by atoms with Crippen molar-refractivity contribution in [2.75, 3.05) is 45.1 Å². The minimum absolute atomic E-state index is 0.0480. The lowest BCUT2D eigenvalue weighted by Crippen LogP contribution is -2.52. The van der Waals surface area contributed by atoms with E-state index in [2.05, 4.69) is 10.6 Å². The number of thiocarbonyl (C=S) groups is 1. The molecule has 5 nitrogen and oxygen atoms in total. The van der Waals surface area contributed by atoms with Gasteiger partial charge in [0.25, 0.3) is 0 Å². The van der Waals surface area contributed by atoms with E-state index < -0.39 is 17.6 Å². The van der Waals surface area contributed by atoms with Crippen molar-refractivity contribution < 1.29 is 18.0 Å². The fourth-order valence-corrected chi connectivity index (χ4v) is 2.68. The van der Waals surface area contributed by atoms with Crippen molar-refractivity contribution in [1.82, 2.24) is 15.1 Å². The first-order valence-corrected chi connectivity index (χ1v) is 7.87. The largest absolute Gasteiger partial charge is 0.418 e. The maximum atomic E-state index is 12.9. The smallest absolute Gasteiger partial charge is 0.366 e. The molecular weight excluding hydrogens is 341 g/mol. The van der Waals surface area contributed by atoms with Gasteiger partial charge < -0.3 is 15.5 Å². The van der Waals surface area contributed by atoms with Gasteiger partial charge in [-0.1, -0.05) is 12.1 Å². The van der Waals surface area contributed by atoms with E-state index in [1.165, 1.54) is 18.2 Å². The number of hydrogen-bond acceptors (Lipinski definition) is 3. The Morgan fingerprint density at radius 2 is 1.83 bits per heavy atom. The second-order valence-electron chi connectivity index (χ2n) is 5.41. The van der Waals surface area contributed by atoms with Crippen molar-refractivity contribution in [3.63, 3.8) is 0 Å². The lowest BCUT2D eigenvalue weighted by molar-refractivity contribution is -0.137. The third kappa shape index (κ3) is 4.81. The van der Waals surface area contributed by atoms with Crippen LogP contribution in [0.25, 0.3) is 0 Å². The molecule has 24 heavy (non-hydrogen) atoms. The number of halogens is 3. The molecule has 1 aromatic carbocycles. The number of para-hydroxylation sites is 1. The molecule has 0 radical (unpaired) electrons. The van der Waals surface area contributed by atoms with Crippen molar-refractivity contribution in [1.29, 1.82) is 0 Å². The molecule has 9 heteroatoms. The third-order valence-corrected chi connectivity index (χ3v) is 4.21. The van der Waals surface area contributed by atoms with Gasteiger partial charge in [-0.15, -0.1) is 0 Å². The molecule has 0 aliphatic carbocycles. The molecule has 0 aromatic heterocycles. The molecule has 0 atom stereocenters. The summed E-state index contributed by atoms with van der Waals surface area (Å²) in [5.74, 6) is -0.462. The van der Waals surface area contributed by atoms with Gasteiger partial charge in [0.15, 0.2) is 5.11 Å². The number of amides is 1. The summed E-state index contributed by atoms with van der Waals surface area (Å²) in [4.78, 5) is 15.9. The van der Waals surface area contributed by atoms with E-state index >= 15 is 0 Å². The van der Waals surface area contributed by atoms with E-state index in [0.29, 0.717) is 31.3 Å². The van der Waals surface area contributed by atoms with Gasteiger partial charge in [-0.05, 0) is 24.4 Å². The minimum atomic E-state index is -4.50. The Morgan fingerprint density at radius 1 is 1.21 bits per heavy atom. The van der Waals surface area contributed by atoms with Crippen LogP contribution in [-0.2, 0) is 11.0 Å². The molecule has 0 bridgehead atoms. The van der Waals surface area contributed by atoms with E-state index in [1.54, 1.807) is 7.05 Å². The van der Waals surface area contributed by atoms with Crippen LogP contribution in [-0.4, -0.2) is 60.6 Å². The summed E-state index contributed by atoms with van der Waals surface area (Å²) in [5, 5.41) is 5.90. The average molecular weight is 360 g/mol. The number of carbonyl (C=O) groups excluding carboxylic acids is 1. The fraction of sp³-hybridized carbons (Fsp3) is 0.467. The molecule has 1 amide bonds. The van der Waals surface area contributed by atoms with Gasteiger partial charge in [-0.25, -0.2) is 0 Å². The zero-order chi connectivity index (χ0) is 17.7. The molecule has 1 saturated heterocycles. The second kappa shape index (κ2) is 7.80. The molecule has 2 N–H and O–H groups in total. The molecule has 0 unspecified atom stereocenters. The Kier molecular flexibility index (Phi) is 6.00. The number of benzene rings is 1. The summed E-state index contributed by atoms with van der Waals surface area (Å²) in [6.07, 6.45) is -4.50. The summed E-state index contributed by atoms with van der Waals surface area (Å²) in [5.41, 5.74) is -1.06. The van der Waals surface area contributed by atoms with Crippen molar-refractivity contribution >= 4 is 28.9 Å². The number of piperazine rings is 1. The highest BCUT2D eigenvalue weighted by Crippen LogP contribution is 2.34. The predicted octanol–water partition coefficient (Wildman–Crippen LogP) is 1.77. The van der Waals surface area contributed by atoms with Crippen LogP contribution in [0.3, 0.4) is 0 Å². The number of carbonyl (C=O) groups is 1. The number of anilines is 1. The quantitative estimate of drug-likeness (QED) is 0.805. The number of hydrogen-bond donors (Lipinski definition) is 2. The van der Waals surface area contributed by atoms with E-state index in [0.717, 1.165) is 6.07 Å². The van der Waals surface area contributed by atoms with Crippen LogP contribution < -0.4 is 10.6 Å². The molecule has 2 rings (SSSR count). The number of nitrogens with zero attached hydrogens (tertiary/aromatic N) is 2. The van der Waals surface area contributed by atoms with Gasteiger partial charge in [0.2, 0.25) is 5.91 Å². The summed E-state index contributed by atoms with van der Waals surface area (Å²) in [7, 11) is 1.75. The number of rotatable bonds is 3. The molecule has 132 valence electrons. The molecule has 1 heterocycles. The van der Waals surface area contributed by atoms with Gasteiger partial charge in [-0.2, -0.15) is 13.2 Å². The molecule has 0 spiro atoms. The minimum Gasteiger partial charge on any atom is -0.366 e. The summed E-state index contributed by atoms with van der Waals surface area (Å²) < 4.78 is 38.8. The van der Waals surface area contributed by atoms with Crippen LogP contribution in [0.2, 0.25) is 0 Å². The zero-order valence-corrected chi connectivity index (χ0v) is 14.0. The van der Waals surface area contributed by atoms with Gasteiger partial charge in [0, 0.05) is 33.2 Å². The van der Waals surface area contributed by atoms with Crippen molar-refractivity contribution in [3.05, 3.63) is 29.8 Å². The van der Waals surface area contributed by atoms with Gasteiger partial charge >= 0.3 is 6.18 Å². The SMILES string of the molecule is CNC(=S)N1CCN(CC(=O)Nc2ccccc2C(F)(F)F)CC1. The van der Waals surface area contributed by atoms with E-state index in [4.69, 9.17) is 12.2 Å². The topological polar surface area (TPSA) is 47.6 Å². The summed E-state index contributed by atoms with van der Waals surface area (Å²) >= 11 is 5.15. The average Bonchev–Trinajstić information content (AvgIpc) is 2.54. The van der Waals surface area contributed by atoms with Crippen molar-refractivity contribution in [2.45, 2.75) is 6.18 Å². The first-order valence-electron chi connectivity index (χ1n) is 7.46. The predicted molar refractivity (Wildman–Crippen MR) is 89.7 cm³/mol. The van der Waals surface area contributed by atoms with E-state index in [1.807, 2.05) is 9.80 Å². The first kappa shape index (κ1) is 18.5. The standard InChI is InChI=1S/C15H19F3N4OS/c1-19-14(24)22-8-6-21(7-9-22)10-13(23)20-12-5-3-2-4-11(12)15(16,17)18/h2-5H,6-10H2,1H3,(H,19,24)(H,20,23). The monoisotopic (exact) mass is 360 g/mol. The highest BCUT2D eigenvalue weighted by Gasteiger charge is 2.33. The Hall–Kier alpha value is -1.87.